The van der Waals surface area contributed by atoms with E-state index in [0.29, 0.717) is 6.54 Å². The molecule has 32 heavy (non-hydrogen) atoms. The first-order valence-electron chi connectivity index (χ1n) is 10.3. The van der Waals surface area contributed by atoms with Crippen LogP contribution in [0, 0.1) is 6.92 Å². The zero-order chi connectivity index (χ0) is 22.3. The van der Waals surface area contributed by atoms with Crippen molar-refractivity contribution < 1.29 is 9.53 Å². The second-order valence-corrected chi connectivity index (χ2v) is 7.31. The van der Waals surface area contributed by atoms with Crippen LogP contribution in [-0.4, -0.2) is 27.8 Å². The summed E-state index contributed by atoms with van der Waals surface area (Å²) in [4.78, 5) is 16.7. The number of ether oxygens (including phenoxy) is 1. The summed E-state index contributed by atoms with van der Waals surface area (Å²) in [5.74, 6) is 0.621. The van der Waals surface area contributed by atoms with Crippen molar-refractivity contribution in [2.45, 2.75) is 13.5 Å². The van der Waals surface area contributed by atoms with Gasteiger partial charge in [0.15, 0.2) is 0 Å². The zero-order valence-electron chi connectivity index (χ0n) is 18.0. The minimum absolute atomic E-state index is 0.186. The number of aryl methyl sites for hydroxylation is 1. The molecule has 160 valence electrons. The Morgan fingerprint density at radius 1 is 1.12 bits per heavy atom. The van der Waals surface area contributed by atoms with E-state index in [1.807, 2.05) is 73.8 Å². The van der Waals surface area contributed by atoms with E-state index in [9.17, 15) is 4.79 Å². The minimum atomic E-state index is -0.186. The van der Waals surface area contributed by atoms with Gasteiger partial charge in [0.25, 0.3) is 0 Å². The average Bonchev–Trinajstić information content (AvgIpc) is 3.27. The van der Waals surface area contributed by atoms with Crippen LogP contribution >= 0.6 is 0 Å². The molecule has 0 saturated heterocycles. The van der Waals surface area contributed by atoms with Crippen molar-refractivity contribution in [3.8, 4) is 22.7 Å². The van der Waals surface area contributed by atoms with Crippen LogP contribution in [0.4, 0.5) is 0 Å². The van der Waals surface area contributed by atoms with E-state index in [1.165, 1.54) is 6.08 Å². The molecule has 1 amide bonds. The van der Waals surface area contributed by atoms with Gasteiger partial charge in [-0.1, -0.05) is 30.3 Å². The van der Waals surface area contributed by atoms with E-state index in [1.54, 1.807) is 30.3 Å². The number of pyridine rings is 1. The van der Waals surface area contributed by atoms with Crippen molar-refractivity contribution in [1.29, 1.82) is 0 Å². The number of benzene rings is 2. The molecule has 0 bridgehead atoms. The number of carbonyl (C=O) groups is 1. The third-order valence-electron chi connectivity index (χ3n) is 5.05. The summed E-state index contributed by atoms with van der Waals surface area (Å²) in [6, 6.07) is 19.6. The smallest absolute Gasteiger partial charge is 0.244 e. The van der Waals surface area contributed by atoms with Crippen LogP contribution in [0.15, 0.2) is 85.3 Å². The lowest BCUT2D eigenvalue weighted by atomic mass is 10.1. The van der Waals surface area contributed by atoms with Crippen LogP contribution in [0.1, 0.15) is 16.7 Å². The normalized spacial score (nSPS) is 10.9. The highest BCUT2D eigenvalue weighted by Gasteiger charge is 2.11. The average molecular weight is 425 g/mol. The van der Waals surface area contributed by atoms with E-state index >= 15 is 0 Å². The molecular formula is C26H24N4O2. The Morgan fingerprint density at radius 2 is 1.97 bits per heavy atom. The molecule has 0 aliphatic heterocycles. The molecule has 6 nitrogen and oxygen atoms in total. The van der Waals surface area contributed by atoms with E-state index in [2.05, 4.69) is 10.3 Å². The minimum Gasteiger partial charge on any atom is -0.496 e. The molecule has 2 heterocycles. The third-order valence-corrected chi connectivity index (χ3v) is 5.05. The van der Waals surface area contributed by atoms with Gasteiger partial charge in [0.1, 0.15) is 11.4 Å². The lowest BCUT2D eigenvalue weighted by molar-refractivity contribution is -0.116. The quantitative estimate of drug-likeness (QED) is 0.441. The molecule has 4 aromatic rings. The number of nitrogens with zero attached hydrogens (tertiary/aromatic N) is 3. The molecular weight excluding hydrogens is 400 g/mol. The van der Waals surface area contributed by atoms with Crippen molar-refractivity contribution in [3.05, 3.63) is 102 Å². The van der Waals surface area contributed by atoms with Gasteiger partial charge in [0.2, 0.25) is 5.91 Å². The number of methoxy groups -OCH3 is 1. The summed E-state index contributed by atoms with van der Waals surface area (Å²) in [5, 5.41) is 7.65. The highest BCUT2D eigenvalue weighted by Crippen LogP contribution is 2.24. The number of rotatable bonds is 7. The molecule has 0 radical (unpaired) electrons. The highest BCUT2D eigenvalue weighted by atomic mass is 16.5. The van der Waals surface area contributed by atoms with Gasteiger partial charge in [-0.15, -0.1) is 0 Å². The largest absolute Gasteiger partial charge is 0.496 e. The predicted octanol–water partition coefficient (Wildman–Crippen LogP) is 4.58. The summed E-state index contributed by atoms with van der Waals surface area (Å²) in [5.41, 5.74) is 5.44. The first-order valence-corrected chi connectivity index (χ1v) is 10.3. The predicted molar refractivity (Wildman–Crippen MR) is 125 cm³/mol. The fourth-order valence-electron chi connectivity index (χ4n) is 3.34. The molecule has 0 unspecified atom stereocenters. The van der Waals surface area contributed by atoms with Crippen LogP contribution in [0.25, 0.3) is 23.0 Å². The van der Waals surface area contributed by atoms with E-state index in [4.69, 9.17) is 9.84 Å². The fraction of sp³-hybridized carbons (Fsp3) is 0.115. The van der Waals surface area contributed by atoms with Crippen LogP contribution in [-0.2, 0) is 11.3 Å². The van der Waals surface area contributed by atoms with Gasteiger partial charge in [0.05, 0.1) is 12.8 Å². The highest BCUT2D eigenvalue weighted by molar-refractivity contribution is 5.92. The van der Waals surface area contributed by atoms with E-state index in [-0.39, 0.29) is 5.91 Å². The topological polar surface area (TPSA) is 69.0 Å². The van der Waals surface area contributed by atoms with Gasteiger partial charge in [-0.3, -0.25) is 9.78 Å². The molecule has 0 saturated carbocycles. The first-order chi connectivity index (χ1) is 15.6. The molecule has 6 heteroatoms. The number of nitrogens with one attached hydrogen (secondary N) is 1. The number of amides is 1. The standard InChI is InChI=1S/C26H24N4O2/c1-19-10-11-20(15-24(19)32-2)16-28-25(31)13-12-22-18-30(23-8-4-3-5-9-23)29-26(22)21-7-6-14-27-17-21/h3-15,17-18H,16H2,1-2H3,(H,28,31)/b13-12+. The maximum Gasteiger partial charge on any atom is 0.244 e. The number of carbonyl (C=O) groups excluding carboxylic acids is 1. The molecule has 0 spiro atoms. The Labute approximate surface area is 187 Å². The molecule has 0 fully saturated rings. The molecule has 4 rings (SSSR count). The summed E-state index contributed by atoms with van der Waals surface area (Å²) in [7, 11) is 1.64. The first kappa shape index (κ1) is 21.1. The summed E-state index contributed by atoms with van der Waals surface area (Å²) < 4.78 is 7.15. The molecule has 2 aromatic carbocycles. The van der Waals surface area contributed by atoms with Crippen molar-refractivity contribution in [2.24, 2.45) is 0 Å². The number of hydrogen-bond donors (Lipinski definition) is 1. The maximum absolute atomic E-state index is 12.5. The summed E-state index contributed by atoms with van der Waals surface area (Å²) in [6.07, 6.45) is 8.70. The molecule has 2 aromatic heterocycles. The Morgan fingerprint density at radius 3 is 2.72 bits per heavy atom. The number of aromatic nitrogens is 3. The Kier molecular flexibility index (Phi) is 6.41. The van der Waals surface area contributed by atoms with Crippen LogP contribution in [0.3, 0.4) is 0 Å². The zero-order valence-corrected chi connectivity index (χ0v) is 18.0. The Bertz CT molecular complexity index is 1230. The van der Waals surface area contributed by atoms with Gasteiger partial charge in [0, 0.05) is 42.3 Å². The number of para-hydroxylation sites is 1. The SMILES string of the molecule is COc1cc(CNC(=O)/C=C/c2cn(-c3ccccc3)nc2-c2cccnc2)ccc1C. The second kappa shape index (κ2) is 9.75. The summed E-state index contributed by atoms with van der Waals surface area (Å²) in [6.45, 7) is 2.40. The molecule has 0 atom stereocenters. The Hall–Kier alpha value is -4.19. The van der Waals surface area contributed by atoms with Crippen LogP contribution in [0.2, 0.25) is 0 Å². The van der Waals surface area contributed by atoms with Gasteiger partial charge in [-0.2, -0.15) is 5.10 Å². The van der Waals surface area contributed by atoms with Crippen LogP contribution < -0.4 is 10.1 Å². The monoisotopic (exact) mass is 424 g/mol. The van der Waals surface area contributed by atoms with Crippen molar-refractivity contribution in [1.82, 2.24) is 20.1 Å². The third kappa shape index (κ3) is 4.92. The van der Waals surface area contributed by atoms with Gasteiger partial charge >= 0.3 is 0 Å². The lowest BCUT2D eigenvalue weighted by Crippen LogP contribution is -2.20. The molecule has 1 N–H and O–H groups in total. The van der Waals surface area contributed by atoms with Crippen molar-refractivity contribution >= 4 is 12.0 Å². The van der Waals surface area contributed by atoms with E-state index < -0.39 is 0 Å². The second-order valence-electron chi connectivity index (χ2n) is 7.31. The van der Waals surface area contributed by atoms with Gasteiger partial charge < -0.3 is 10.1 Å². The Balaban J connectivity index is 1.53. The van der Waals surface area contributed by atoms with E-state index in [0.717, 1.165) is 39.4 Å². The number of hydrogen-bond acceptors (Lipinski definition) is 4. The van der Waals surface area contributed by atoms with Crippen LogP contribution in [0.5, 0.6) is 5.75 Å². The maximum atomic E-state index is 12.5. The van der Waals surface area contributed by atoms with Gasteiger partial charge in [-0.05, 0) is 54.5 Å². The van der Waals surface area contributed by atoms with Crippen molar-refractivity contribution in [2.75, 3.05) is 7.11 Å². The molecule has 0 aliphatic rings. The van der Waals surface area contributed by atoms with Gasteiger partial charge in [-0.25, -0.2) is 4.68 Å². The fourth-order valence-corrected chi connectivity index (χ4v) is 3.34. The summed E-state index contributed by atoms with van der Waals surface area (Å²) >= 11 is 0. The van der Waals surface area contributed by atoms with Crippen molar-refractivity contribution in [3.63, 3.8) is 0 Å². The lowest BCUT2D eigenvalue weighted by Gasteiger charge is -2.08. The molecule has 0 aliphatic carbocycles.